The maximum absolute atomic E-state index is 12.1. The Bertz CT molecular complexity index is 775. The third-order valence-electron chi connectivity index (χ3n) is 3.68. The highest BCUT2D eigenvalue weighted by molar-refractivity contribution is 9.10. The zero-order chi connectivity index (χ0) is 17.0. The molecule has 1 aromatic heterocycles. The molecule has 23 heavy (non-hydrogen) atoms. The zero-order valence-electron chi connectivity index (χ0n) is 13.3. The second-order valence-electron chi connectivity index (χ2n) is 5.26. The Kier molecular flexibility index (Phi) is 5.55. The van der Waals surface area contributed by atoms with Gasteiger partial charge in [-0.05, 0) is 43.7 Å². The first-order valence-electron chi connectivity index (χ1n) is 7.15. The van der Waals surface area contributed by atoms with E-state index in [-0.39, 0.29) is 12.4 Å². The summed E-state index contributed by atoms with van der Waals surface area (Å²) in [6.07, 6.45) is 2.97. The number of aromatic nitrogens is 1. The van der Waals surface area contributed by atoms with Crippen molar-refractivity contribution in [3.8, 4) is 0 Å². The average molecular weight is 376 g/mol. The van der Waals surface area contributed by atoms with Crippen LogP contribution in [0.1, 0.15) is 27.3 Å². The second kappa shape index (κ2) is 7.42. The van der Waals surface area contributed by atoms with Crippen LogP contribution in [0.3, 0.4) is 0 Å². The van der Waals surface area contributed by atoms with Crippen LogP contribution in [-0.2, 0) is 16.6 Å². The number of hydrogen-bond acceptors (Lipinski definition) is 3. The van der Waals surface area contributed by atoms with Crippen molar-refractivity contribution in [1.82, 2.24) is 4.57 Å². The summed E-state index contributed by atoms with van der Waals surface area (Å²) >= 11 is 3.36. The van der Waals surface area contributed by atoms with Crippen molar-refractivity contribution in [1.29, 1.82) is 0 Å². The molecule has 0 aliphatic carbocycles. The second-order valence-corrected chi connectivity index (χ2v) is 6.18. The van der Waals surface area contributed by atoms with E-state index in [1.54, 1.807) is 6.08 Å². The SMILES string of the molecule is Cc1cc(C(=O)COC(=O)C=Cc2cccc(Br)c2)c(C)n1C. The number of esters is 1. The Hall–Kier alpha value is -2.14. The Labute approximate surface area is 143 Å². The molecule has 120 valence electrons. The molecule has 0 aliphatic rings. The largest absolute Gasteiger partial charge is 0.454 e. The summed E-state index contributed by atoms with van der Waals surface area (Å²) in [6, 6.07) is 9.33. The number of benzene rings is 1. The fraction of sp³-hybridized carbons (Fsp3) is 0.222. The van der Waals surface area contributed by atoms with Crippen molar-refractivity contribution in [2.45, 2.75) is 13.8 Å². The lowest BCUT2D eigenvalue weighted by atomic mass is 10.1. The van der Waals surface area contributed by atoms with Crippen LogP contribution in [0.25, 0.3) is 6.08 Å². The van der Waals surface area contributed by atoms with Crippen LogP contribution < -0.4 is 0 Å². The van der Waals surface area contributed by atoms with Gasteiger partial charge in [0.25, 0.3) is 0 Å². The summed E-state index contributed by atoms with van der Waals surface area (Å²) in [5.74, 6) is -0.737. The van der Waals surface area contributed by atoms with Gasteiger partial charge in [-0.3, -0.25) is 4.79 Å². The molecular weight excluding hydrogens is 358 g/mol. The van der Waals surface area contributed by atoms with E-state index < -0.39 is 5.97 Å². The molecule has 0 spiro atoms. The van der Waals surface area contributed by atoms with Gasteiger partial charge in [-0.15, -0.1) is 0 Å². The van der Waals surface area contributed by atoms with E-state index >= 15 is 0 Å². The van der Waals surface area contributed by atoms with Crippen molar-refractivity contribution >= 4 is 33.8 Å². The minimum Gasteiger partial charge on any atom is -0.454 e. The van der Waals surface area contributed by atoms with Gasteiger partial charge in [-0.25, -0.2) is 4.79 Å². The van der Waals surface area contributed by atoms with E-state index in [2.05, 4.69) is 15.9 Å². The zero-order valence-corrected chi connectivity index (χ0v) is 14.9. The Morgan fingerprint density at radius 3 is 2.61 bits per heavy atom. The van der Waals surface area contributed by atoms with Gasteiger partial charge in [0.15, 0.2) is 6.61 Å². The molecule has 0 bridgehead atoms. The number of halogens is 1. The molecule has 0 aliphatic heterocycles. The number of Topliss-reactive ketones (excluding diaryl/α,β-unsaturated/α-hetero) is 1. The van der Waals surface area contributed by atoms with E-state index in [1.165, 1.54) is 6.08 Å². The van der Waals surface area contributed by atoms with Crippen LogP contribution in [0.2, 0.25) is 0 Å². The summed E-state index contributed by atoms with van der Waals surface area (Å²) in [7, 11) is 1.90. The minimum absolute atomic E-state index is 0.199. The van der Waals surface area contributed by atoms with Gasteiger partial charge in [-0.1, -0.05) is 28.1 Å². The van der Waals surface area contributed by atoms with Crippen LogP contribution in [0.15, 0.2) is 40.9 Å². The number of aryl methyl sites for hydroxylation is 1. The van der Waals surface area contributed by atoms with Crippen molar-refractivity contribution in [3.05, 3.63) is 63.4 Å². The van der Waals surface area contributed by atoms with Crippen LogP contribution in [0, 0.1) is 13.8 Å². The standard InChI is InChI=1S/C18H18BrNO3/c1-12-9-16(13(2)20(12)3)17(21)11-23-18(22)8-7-14-5-4-6-15(19)10-14/h4-10H,11H2,1-3H3. The Morgan fingerprint density at radius 2 is 2.00 bits per heavy atom. The number of carbonyl (C=O) groups is 2. The molecule has 5 heteroatoms. The first-order valence-corrected chi connectivity index (χ1v) is 7.94. The summed E-state index contributed by atoms with van der Waals surface area (Å²) < 4.78 is 7.88. The summed E-state index contributed by atoms with van der Waals surface area (Å²) in [4.78, 5) is 23.8. The van der Waals surface area contributed by atoms with Crippen LogP contribution >= 0.6 is 15.9 Å². The highest BCUT2D eigenvalue weighted by Gasteiger charge is 2.15. The smallest absolute Gasteiger partial charge is 0.331 e. The average Bonchev–Trinajstić information content (AvgIpc) is 2.78. The molecule has 0 saturated carbocycles. The number of ketones is 1. The van der Waals surface area contributed by atoms with Crippen molar-refractivity contribution in [3.63, 3.8) is 0 Å². The Balaban J connectivity index is 1.93. The van der Waals surface area contributed by atoms with Gasteiger partial charge in [0, 0.05) is 34.5 Å². The molecule has 0 atom stereocenters. The molecular formula is C18H18BrNO3. The first kappa shape index (κ1) is 17.2. The summed E-state index contributed by atoms with van der Waals surface area (Å²) in [5.41, 5.74) is 3.32. The van der Waals surface area contributed by atoms with Gasteiger partial charge in [-0.2, -0.15) is 0 Å². The normalized spacial score (nSPS) is 11.0. The van der Waals surface area contributed by atoms with E-state index in [1.807, 2.05) is 55.8 Å². The van der Waals surface area contributed by atoms with E-state index in [4.69, 9.17) is 4.74 Å². The predicted molar refractivity (Wildman–Crippen MR) is 93.4 cm³/mol. The van der Waals surface area contributed by atoms with Gasteiger partial charge < -0.3 is 9.30 Å². The van der Waals surface area contributed by atoms with Gasteiger partial charge >= 0.3 is 5.97 Å². The maximum atomic E-state index is 12.1. The molecule has 2 aromatic rings. The first-order chi connectivity index (χ1) is 10.9. The fourth-order valence-electron chi connectivity index (χ4n) is 2.17. The lowest BCUT2D eigenvalue weighted by Crippen LogP contribution is -2.13. The van der Waals surface area contributed by atoms with E-state index in [9.17, 15) is 9.59 Å². The molecule has 2 rings (SSSR count). The topological polar surface area (TPSA) is 48.3 Å². The van der Waals surface area contributed by atoms with E-state index in [0.29, 0.717) is 5.56 Å². The molecule has 0 amide bonds. The molecule has 0 N–H and O–H groups in total. The Morgan fingerprint density at radius 1 is 1.26 bits per heavy atom. The minimum atomic E-state index is -0.538. The quantitative estimate of drug-likeness (QED) is 0.453. The molecule has 0 fully saturated rings. The summed E-state index contributed by atoms with van der Waals surface area (Å²) in [5, 5.41) is 0. The highest BCUT2D eigenvalue weighted by Crippen LogP contribution is 2.14. The lowest BCUT2D eigenvalue weighted by Gasteiger charge is -2.03. The van der Waals surface area contributed by atoms with Crippen LogP contribution in [-0.4, -0.2) is 22.9 Å². The number of nitrogens with zero attached hydrogens (tertiary/aromatic N) is 1. The van der Waals surface area contributed by atoms with Crippen LogP contribution in [0.4, 0.5) is 0 Å². The molecule has 1 heterocycles. The maximum Gasteiger partial charge on any atom is 0.331 e. The molecule has 0 radical (unpaired) electrons. The number of ether oxygens (including phenoxy) is 1. The fourth-order valence-corrected chi connectivity index (χ4v) is 2.59. The predicted octanol–water partition coefficient (Wildman–Crippen LogP) is 3.84. The third kappa shape index (κ3) is 4.42. The number of rotatable bonds is 5. The molecule has 0 saturated heterocycles. The molecule has 0 unspecified atom stereocenters. The number of carbonyl (C=O) groups excluding carboxylic acids is 2. The molecule has 4 nitrogen and oxygen atoms in total. The van der Waals surface area contributed by atoms with Crippen molar-refractivity contribution in [2.75, 3.05) is 6.61 Å². The molecule has 1 aromatic carbocycles. The van der Waals surface area contributed by atoms with E-state index in [0.717, 1.165) is 21.4 Å². The van der Waals surface area contributed by atoms with Crippen molar-refractivity contribution < 1.29 is 14.3 Å². The van der Waals surface area contributed by atoms with Gasteiger partial charge in [0.1, 0.15) is 0 Å². The monoisotopic (exact) mass is 375 g/mol. The lowest BCUT2D eigenvalue weighted by molar-refractivity contribution is -0.136. The highest BCUT2D eigenvalue weighted by atomic mass is 79.9. The number of hydrogen-bond donors (Lipinski definition) is 0. The van der Waals surface area contributed by atoms with Gasteiger partial charge in [0.2, 0.25) is 5.78 Å². The van der Waals surface area contributed by atoms with Crippen molar-refractivity contribution in [2.24, 2.45) is 7.05 Å². The third-order valence-corrected chi connectivity index (χ3v) is 4.17. The van der Waals surface area contributed by atoms with Crippen LogP contribution in [0.5, 0.6) is 0 Å². The summed E-state index contributed by atoms with van der Waals surface area (Å²) in [6.45, 7) is 3.54. The van der Waals surface area contributed by atoms with Gasteiger partial charge in [0.05, 0.1) is 0 Å².